The molecule has 0 radical (unpaired) electrons. The van der Waals surface area contributed by atoms with E-state index in [1.807, 2.05) is 0 Å². The first-order valence-electron chi connectivity index (χ1n) is 7.46. The van der Waals surface area contributed by atoms with E-state index in [9.17, 15) is 19.5 Å². The fourth-order valence-corrected chi connectivity index (χ4v) is 2.36. The number of aromatic hydroxyl groups is 1. The second-order valence-electron chi connectivity index (χ2n) is 5.24. The van der Waals surface area contributed by atoms with Crippen LogP contribution in [0.3, 0.4) is 0 Å². The number of phenolic OH excluding ortho intramolecular Hbond substituents is 1. The Morgan fingerprint density at radius 3 is 2.46 bits per heavy atom. The number of fused-ring (bicyclic) bond motifs is 1. The lowest BCUT2D eigenvalue weighted by atomic mass is 10.1. The molecule has 1 heterocycles. The third-order valence-electron chi connectivity index (χ3n) is 3.65. The van der Waals surface area contributed by atoms with Gasteiger partial charge in [-0.3, -0.25) is 25.2 Å². The number of amides is 2. The van der Waals surface area contributed by atoms with Crippen molar-refractivity contribution in [2.24, 2.45) is 0 Å². The monoisotopic (exact) mass is 354 g/mol. The summed E-state index contributed by atoms with van der Waals surface area (Å²) in [6, 6.07) is 10.6. The number of hydrazine groups is 1. The highest BCUT2D eigenvalue weighted by Crippen LogP contribution is 2.23. The maximum absolute atomic E-state index is 12.3. The van der Waals surface area contributed by atoms with E-state index in [0.29, 0.717) is 16.5 Å². The van der Waals surface area contributed by atoms with Crippen LogP contribution in [0.25, 0.3) is 10.8 Å². The Bertz CT molecular complexity index is 1060. The van der Waals surface area contributed by atoms with E-state index in [2.05, 4.69) is 21.0 Å². The van der Waals surface area contributed by atoms with Gasteiger partial charge in [0.1, 0.15) is 11.5 Å². The number of phenols is 1. The number of methoxy groups -OCH3 is 1. The molecular formula is C17H14N4O5. The first kappa shape index (κ1) is 17.0. The molecule has 0 saturated carbocycles. The molecule has 3 rings (SSSR count). The number of hydrogen-bond acceptors (Lipinski definition) is 6. The minimum atomic E-state index is -0.729. The van der Waals surface area contributed by atoms with E-state index in [1.54, 1.807) is 24.3 Å². The normalized spacial score (nSPS) is 10.3. The van der Waals surface area contributed by atoms with Crippen LogP contribution in [0.5, 0.6) is 11.5 Å². The van der Waals surface area contributed by atoms with E-state index in [0.717, 1.165) is 0 Å². The van der Waals surface area contributed by atoms with Crippen molar-refractivity contribution in [1.82, 2.24) is 21.0 Å². The standard InChI is InChI=1S/C17H14N4O5/c1-26-9-6-7-12(13(22)8-9)16(24)20-21-17(25)14-10-4-2-3-5-11(10)15(23)19-18-14/h2-8,22H,1H3,(H,19,23)(H,20,24)(H,21,25). The summed E-state index contributed by atoms with van der Waals surface area (Å²) in [6.45, 7) is 0. The molecule has 9 heteroatoms. The number of aromatic nitrogens is 2. The molecule has 0 unspecified atom stereocenters. The Morgan fingerprint density at radius 2 is 1.77 bits per heavy atom. The number of benzene rings is 2. The number of carbonyl (C=O) groups is 2. The molecule has 3 aromatic rings. The smallest absolute Gasteiger partial charge is 0.290 e. The van der Waals surface area contributed by atoms with E-state index in [4.69, 9.17) is 4.74 Å². The average molecular weight is 354 g/mol. The van der Waals surface area contributed by atoms with Crippen molar-refractivity contribution in [3.05, 3.63) is 64.1 Å². The molecular weight excluding hydrogens is 340 g/mol. The number of rotatable bonds is 3. The molecule has 2 amide bonds. The van der Waals surface area contributed by atoms with Crippen LogP contribution in [0.1, 0.15) is 20.8 Å². The summed E-state index contributed by atoms with van der Waals surface area (Å²) < 4.78 is 4.94. The molecule has 0 spiro atoms. The highest BCUT2D eigenvalue weighted by atomic mass is 16.5. The van der Waals surface area contributed by atoms with Gasteiger partial charge in [0.15, 0.2) is 5.69 Å². The van der Waals surface area contributed by atoms with Crippen LogP contribution in [0.15, 0.2) is 47.3 Å². The first-order valence-corrected chi connectivity index (χ1v) is 7.46. The van der Waals surface area contributed by atoms with Gasteiger partial charge in [-0.25, -0.2) is 5.10 Å². The first-order chi connectivity index (χ1) is 12.5. The topological polar surface area (TPSA) is 133 Å². The van der Waals surface area contributed by atoms with Gasteiger partial charge in [0, 0.05) is 11.5 Å². The summed E-state index contributed by atoms with van der Waals surface area (Å²) >= 11 is 0. The molecule has 0 bridgehead atoms. The summed E-state index contributed by atoms with van der Waals surface area (Å²) in [7, 11) is 1.43. The number of hydrogen-bond donors (Lipinski definition) is 4. The zero-order valence-corrected chi connectivity index (χ0v) is 13.6. The van der Waals surface area contributed by atoms with Gasteiger partial charge in [0.25, 0.3) is 17.4 Å². The van der Waals surface area contributed by atoms with Crippen LogP contribution in [-0.4, -0.2) is 34.2 Å². The Morgan fingerprint density at radius 1 is 1.08 bits per heavy atom. The Balaban J connectivity index is 1.78. The summed E-state index contributed by atoms with van der Waals surface area (Å²) in [4.78, 5) is 36.1. The van der Waals surface area contributed by atoms with Crippen LogP contribution >= 0.6 is 0 Å². The van der Waals surface area contributed by atoms with Crippen molar-refractivity contribution in [1.29, 1.82) is 0 Å². The average Bonchev–Trinajstić information content (AvgIpc) is 2.66. The zero-order valence-electron chi connectivity index (χ0n) is 13.6. The van der Waals surface area contributed by atoms with Gasteiger partial charge in [-0.05, 0) is 18.2 Å². The zero-order chi connectivity index (χ0) is 18.7. The third-order valence-corrected chi connectivity index (χ3v) is 3.65. The van der Waals surface area contributed by atoms with Crippen molar-refractivity contribution in [2.75, 3.05) is 7.11 Å². The SMILES string of the molecule is COc1ccc(C(=O)NNC(=O)c2n[nH]c(=O)c3ccccc23)c(O)c1. The lowest BCUT2D eigenvalue weighted by Crippen LogP contribution is -2.42. The van der Waals surface area contributed by atoms with Crippen LogP contribution in [-0.2, 0) is 0 Å². The molecule has 2 aromatic carbocycles. The minimum absolute atomic E-state index is 0.0506. The molecule has 0 aliphatic carbocycles. The van der Waals surface area contributed by atoms with Gasteiger partial charge >= 0.3 is 0 Å². The quantitative estimate of drug-likeness (QED) is 0.512. The van der Waals surface area contributed by atoms with Gasteiger partial charge in [0.2, 0.25) is 0 Å². The number of nitrogens with zero attached hydrogens (tertiary/aromatic N) is 1. The number of carbonyl (C=O) groups excluding carboxylic acids is 2. The molecule has 26 heavy (non-hydrogen) atoms. The van der Waals surface area contributed by atoms with Gasteiger partial charge in [0.05, 0.1) is 18.1 Å². The molecule has 9 nitrogen and oxygen atoms in total. The lowest BCUT2D eigenvalue weighted by Gasteiger charge is -2.10. The van der Waals surface area contributed by atoms with E-state index in [-0.39, 0.29) is 17.0 Å². The Hall–Kier alpha value is -3.88. The summed E-state index contributed by atoms with van der Waals surface area (Å²) in [5.41, 5.74) is 3.85. The van der Waals surface area contributed by atoms with Crippen LogP contribution < -0.4 is 21.1 Å². The maximum atomic E-state index is 12.3. The Labute approximate surface area is 146 Å². The van der Waals surface area contributed by atoms with Crippen molar-refractivity contribution < 1.29 is 19.4 Å². The predicted molar refractivity (Wildman–Crippen MR) is 92.0 cm³/mol. The second-order valence-corrected chi connectivity index (χ2v) is 5.24. The van der Waals surface area contributed by atoms with Gasteiger partial charge in [-0.2, -0.15) is 5.10 Å². The van der Waals surface area contributed by atoms with Gasteiger partial charge in [-0.1, -0.05) is 18.2 Å². The van der Waals surface area contributed by atoms with Crippen LogP contribution in [0, 0.1) is 0 Å². The summed E-state index contributed by atoms with van der Waals surface area (Å²) in [6.07, 6.45) is 0. The molecule has 0 aliphatic rings. The third kappa shape index (κ3) is 3.18. The number of aromatic amines is 1. The van der Waals surface area contributed by atoms with Crippen molar-refractivity contribution in [3.8, 4) is 11.5 Å². The minimum Gasteiger partial charge on any atom is -0.507 e. The molecule has 1 aromatic heterocycles. The molecule has 4 N–H and O–H groups in total. The summed E-state index contributed by atoms with van der Waals surface area (Å²) in [5.74, 6) is -1.37. The molecule has 0 saturated heterocycles. The fourth-order valence-electron chi connectivity index (χ4n) is 2.36. The summed E-state index contributed by atoms with van der Waals surface area (Å²) in [5, 5.41) is 16.4. The number of H-pyrrole nitrogens is 1. The van der Waals surface area contributed by atoms with E-state index < -0.39 is 17.4 Å². The molecule has 0 aliphatic heterocycles. The Kier molecular flexibility index (Phi) is 4.52. The molecule has 0 atom stereocenters. The van der Waals surface area contributed by atoms with Crippen molar-refractivity contribution in [2.45, 2.75) is 0 Å². The van der Waals surface area contributed by atoms with Crippen LogP contribution in [0.2, 0.25) is 0 Å². The van der Waals surface area contributed by atoms with E-state index >= 15 is 0 Å². The van der Waals surface area contributed by atoms with Crippen molar-refractivity contribution >= 4 is 22.6 Å². The maximum Gasteiger partial charge on any atom is 0.290 e. The molecule has 132 valence electrons. The molecule has 0 fully saturated rings. The second kappa shape index (κ2) is 6.93. The highest BCUT2D eigenvalue weighted by Gasteiger charge is 2.16. The highest BCUT2D eigenvalue weighted by molar-refractivity contribution is 6.06. The van der Waals surface area contributed by atoms with E-state index in [1.165, 1.54) is 25.3 Å². The number of nitrogens with one attached hydrogen (secondary N) is 3. The largest absolute Gasteiger partial charge is 0.507 e. The van der Waals surface area contributed by atoms with Gasteiger partial charge in [-0.15, -0.1) is 0 Å². The predicted octanol–water partition coefficient (Wildman–Crippen LogP) is 0.712. The van der Waals surface area contributed by atoms with Crippen molar-refractivity contribution in [3.63, 3.8) is 0 Å². The number of ether oxygens (including phenoxy) is 1. The van der Waals surface area contributed by atoms with Gasteiger partial charge < -0.3 is 9.84 Å². The fraction of sp³-hybridized carbons (Fsp3) is 0.0588. The lowest BCUT2D eigenvalue weighted by molar-refractivity contribution is 0.0842. The van der Waals surface area contributed by atoms with Crippen LogP contribution in [0.4, 0.5) is 0 Å².